The van der Waals surface area contributed by atoms with Crippen molar-refractivity contribution in [1.82, 2.24) is 14.9 Å². The van der Waals surface area contributed by atoms with Gasteiger partial charge in [0.05, 0.1) is 43.1 Å². The average molecular weight is 642 g/mol. The predicted octanol–water partition coefficient (Wildman–Crippen LogP) is 6.40. The molecule has 250 valence electrons. The maximum absolute atomic E-state index is 16.0. The number of hydrogen-bond donors (Lipinski definition) is 0. The Kier molecular flexibility index (Phi) is 8.74. The molecule has 3 fully saturated rings. The van der Waals surface area contributed by atoms with Crippen LogP contribution in [0.4, 0.5) is 8.78 Å². The van der Waals surface area contributed by atoms with Crippen LogP contribution in [0.1, 0.15) is 97.1 Å². The number of alkyl halides is 2. The zero-order chi connectivity index (χ0) is 32.9. The van der Waals surface area contributed by atoms with Gasteiger partial charge in [0.2, 0.25) is 11.8 Å². The number of rotatable bonds is 4. The molecule has 4 aliphatic rings. The molecule has 1 aromatic heterocycles. The van der Waals surface area contributed by atoms with Crippen LogP contribution in [0, 0.1) is 23.2 Å². The Morgan fingerprint density at radius 2 is 1.80 bits per heavy atom. The summed E-state index contributed by atoms with van der Waals surface area (Å²) in [6.45, 7) is 5.83. The summed E-state index contributed by atoms with van der Waals surface area (Å²) in [6.07, 6.45) is 5.51. The third-order valence-electron chi connectivity index (χ3n) is 11.2. The summed E-state index contributed by atoms with van der Waals surface area (Å²) in [5.74, 6) is -4.92. The van der Waals surface area contributed by atoms with Crippen molar-refractivity contribution in [2.75, 3.05) is 13.7 Å². The topological polar surface area (TPSA) is 108 Å². The summed E-state index contributed by atoms with van der Waals surface area (Å²) < 4.78 is 49.7. The molecule has 6 rings (SSSR count). The van der Waals surface area contributed by atoms with E-state index in [2.05, 4.69) is 9.97 Å². The van der Waals surface area contributed by atoms with Crippen molar-refractivity contribution in [1.29, 1.82) is 0 Å². The van der Waals surface area contributed by atoms with Gasteiger partial charge in [0.1, 0.15) is 23.7 Å². The number of ether oxygens (including phenoxy) is 3. The van der Waals surface area contributed by atoms with Crippen LogP contribution in [0.25, 0.3) is 11.0 Å². The van der Waals surface area contributed by atoms with Gasteiger partial charge in [0.15, 0.2) is 5.69 Å². The third-order valence-corrected chi connectivity index (χ3v) is 11.2. The first-order chi connectivity index (χ1) is 21.9. The van der Waals surface area contributed by atoms with Gasteiger partial charge in [0.25, 0.3) is 5.92 Å². The van der Waals surface area contributed by atoms with Crippen LogP contribution in [-0.2, 0) is 25.0 Å². The van der Waals surface area contributed by atoms with E-state index in [4.69, 9.17) is 14.2 Å². The molecule has 1 saturated heterocycles. The molecule has 0 spiro atoms. The second-order valence-corrected chi connectivity index (χ2v) is 14.3. The fourth-order valence-electron chi connectivity index (χ4n) is 8.20. The van der Waals surface area contributed by atoms with Crippen molar-refractivity contribution < 1.29 is 37.4 Å². The lowest BCUT2D eigenvalue weighted by atomic mass is 9.73. The molecular formula is C35H45F2N3O6. The lowest BCUT2D eigenvalue weighted by Gasteiger charge is -2.36. The van der Waals surface area contributed by atoms with Crippen LogP contribution >= 0.6 is 0 Å². The maximum atomic E-state index is 16.0. The van der Waals surface area contributed by atoms with Gasteiger partial charge >= 0.3 is 5.97 Å². The highest BCUT2D eigenvalue weighted by Gasteiger charge is 2.55. The maximum Gasteiger partial charge on any atom is 0.307 e. The quantitative estimate of drug-likeness (QED) is 0.279. The molecule has 0 unspecified atom stereocenters. The molecule has 1 amide bonds. The van der Waals surface area contributed by atoms with Crippen molar-refractivity contribution in [3.05, 3.63) is 23.9 Å². The Balaban J connectivity index is 1.42. The summed E-state index contributed by atoms with van der Waals surface area (Å²) in [6, 6.07) is 4.02. The number of carbonyl (C=O) groups excluding carboxylic acids is 3. The van der Waals surface area contributed by atoms with Gasteiger partial charge in [-0.25, -0.2) is 9.97 Å². The van der Waals surface area contributed by atoms with Crippen molar-refractivity contribution in [2.24, 2.45) is 23.2 Å². The Morgan fingerprint density at radius 3 is 2.50 bits per heavy atom. The summed E-state index contributed by atoms with van der Waals surface area (Å²) in [4.78, 5) is 50.9. The van der Waals surface area contributed by atoms with E-state index in [1.807, 2.05) is 20.8 Å². The number of methoxy groups -OCH3 is 1. The van der Waals surface area contributed by atoms with Gasteiger partial charge in [-0.3, -0.25) is 9.59 Å². The number of carbonyl (C=O) groups is 3. The number of esters is 1. The van der Waals surface area contributed by atoms with Crippen LogP contribution in [0.15, 0.2) is 18.2 Å². The smallest absolute Gasteiger partial charge is 0.307 e. The van der Waals surface area contributed by atoms with Crippen LogP contribution in [0.3, 0.4) is 0 Å². The first-order valence-corrected chi connectivity index (χ1v) is 16.8. The molecule has 3 heterocycles. The molecule has 9 nitrogen and oxygen atoms in total. The second-order valence-electron chi connectivity index (χ2n) is 14.3. The van der Waals surface area contributed by atoms with E-state index in [0.717, 1.165) is 32.0 Å². The zero-order valence-corrected chi connectivity index (χ0v) is 27.2. The van der Waals surface area contributed by atoms with Crippen LogP contribution < -0.4 is 9.47 Å². The molecule has 46 heavy (non-hydrogen) atoms. The van der Waals surface area contributed by atoms with Crippen molar-refractivity contribution in [3.8, 4) is 11.6 Å². The Labute approximate surface area is 268 Å². The minimum atomic E-state index is -3.34. The molecule has 2 bridgehead atoms. The highest BCUT2D eigenvalue weighted by Crippen LogP contribution is 2.52. The van der Waals surface area contributed by atoms with E-state index in [1.54, 1.807) is 18.2 Å². The molecule has 2 aliphatic heterocycles. The van der Waals surface area contributed by atoms with Crippen molar-refractivity contribution >= 4 is 29.2 Å². The van der Waals surface area contributed by atoms with E-state index in [9.17, 15) is 14.4 Å². The highest BCUT2D eigenvalue weighted by atomic mass is 19.3. The number of benzene rings is 1. The summed E-state index contributed by atoms with van der Waals surface area (Å²) in [7, 11) is 1.51. The molecule has 2 aromatic rings. The van der Waals surface area contributed by atoms with Gasteiger partial charge in [-0.15, -0.1) is 0 Å². The van der Waals surface area contributed by atoms with Gasteiger partial charge in [-0.1, -0.05) is 33.1 Å². The number of amides is 1. The van der Waals surface area contributed by atoms with Crippen molar-refractivity contribution in [3.63, 3.8) is 0 Å². The van der Waals surface area contributed by atoms with E-state index in [1.165, 1.54) is 12.0 Å². The summed E-state index contributed by atoms with van der Waals surface area (Å²) in [5.41, 5.74) is -1.00. The Bertz CT molecular complexity index is 1500. The second kappa shape index (κ2) is 12.3. The fraction of sp³-hybridized carbons (Fsp3) is 0.686. The first-order valence-electron chi connectivity index (χ1n) is 16.8. The zero-order valence-electron chi connectivity index (χ0n) is 27.2. The molecule has 2 saturated carbocycles. The van der Waals surface area contributed by atoms with Crippen LogP contribution in [0.5, 0.6) is 11.6 Å². The number of nitrogens with zero attached hydrogens (tertiary/aromatic N) is 3. The number of hydrogen-bond acceptors (Lipinski definition) is 8. The van der Waals surface area contributed by atoms with Crippen molar-refractivity contribution in [2.45, 2.75) is 115 Å². The SMILES string of the molecule is CC[C@@H]1[C@@H]2CN(C(=O)[C@H](C3(C)CCCC3)CC(=O)O[C@]3(C)C[C@H]3CCCCC(F)(F)c3nc4ccc(OC)cc4nc3O2)[C@@H]1C=O. The van der Waals surface area contributed by atoms with E-state index < -0.39 is 59.0 Å². The Morgan fingerprint density at radius 1 is 1.07 bits per heavy atom. The van der Waals surface area contributed by atoms with Gasteiger partial charge in [-0.05, 0) is 63.0 Å². The molecule has 1 aromatic carbocycles. The number of halogens is 2. The lowest BCUT2D eigenvalue weighted by Crippen LogP contribution is -2.47. The van der Waals surface area contributed by atoms with Gasteiger partial charge < -0.3 is 23.9 Å². The van der Waals surface area contributed by atoms with Gasteiger partial charge in [-0.2, -0.15) is 8.78 Å². The number of aromatic nitrogens is 2. The Hall–Kier alpha value is -3.37. The first kappa shape index (κ1) is 32.6. The van der Waals surface area contributed by atoms with E-state index in [-0.39, 0.29) is 42.6 Å². The van der Waals surface area contributed by atoms with Crippen LogP contribution in [0.2, 0.25) is 0 Å². The molecular weight excluding hydrogens is 596 g/mol. The minimum Gasteiger partial charge on any atom is -0.497 e. The van der Waals surface area contributed by atoms with Gasteiger partial charge in [0, 0.05) is 24.3 Å². The standard InChI is InChI=1S/C35H45F2N3O6/c1-5-23-27(20-41)40-19-28(23)45-31-30(38-25-12-11-22(44-4)16-26(25)39-31)35(36,37)15-7-6-10-21-18-34(21,3)46-29(42)17-24(32(40)43)33(2)13-8-9-14-33/h11-12,16,20-21,23-24,27-28H,5-10,13-15,17-19H2,1-4H3/t21-,23+,24-,27-,28+,34-/m1/s1. The third kappa shape index (κ3) is 6.06. The predicted molar refractivity (Wildman–Crippen MR) is 165 cm³/mol. The molecule has 0 radical (unpaired) electrons. The summed E-state index contributed by atoms with van der Waals surface area (Å²) in [5, 5.41) is 0. The normalized spacial score (nSPS) is 32.8. The minimum absolute atomic E-state index is 0.00496. The number of fused-ring (bicyclic) bond motifs is 5. The van der Waals surface area contributed by atoms with E-state index in [0.29, 0.717) is 36.9 Å². The molecule has 0 N–H and O–H groups in total. The van der Waals surface area contributed by atoms with E-state index >= 15 is 8.78 Å². The monoisotopic (exact) mass is 641 g/mol. The summed E-state index contributed by atoms with van der Waals surface area (Å²) >= 11 is 0. The molecule has 2 aliphatic carbocycles. The average Bonchev–Trinajstić information content (AvgIpc) is 3.30. The number of aldehydes is 1. The van der Waals surface area contributed by atoms with Crippen LogP contribution in [-0.4, -0.2) is 64.4 Å². The molecule has 6 atom stereocenters. The molecule has 11 heteroatoms. The largest absolute Gasteiger partial charge is 0.497 e. The fourth-order valence-corrected chi connectivity index (χ4v) is 8.20. The highest BCUT2D eigenvalue weighted by molar-refractivity contribution is 5.87. The lowest BCUT2D eigenvalue weighted by molar-refractivity contribution is -0.158.